The molecule has 0 amide bonds. The van der Waals surface area contributed by atoms with E-state index in [-0.39, 0.29) is 28.3 Å². The third kappa shape index (κ3) is 7.32. The minimum atomic E-state index is -0.556. The zero-order valence-corrected chi connectivity index (χ0v) is 28.7. The molecule has 4 aromatic carbocycles. The van der Waals surface area contributed by atoms with Crippen molar-refractivity contribution in [2.45, 2.75) is 0 Å². The smallest absolute Gasteiger partial charge is 0.343 e. The molecule has 6 aromatic rings. The van der Waals surface area contributed by atoms with Crippen molar-refractivity contribution in [3.8, 4) is 6.07 Å². The van der Waals surface area contributed by atoms with Crippen molar-refractivity contribution >= 4 is 56.8 Å². The van der Waals surface area contributed by atoms with Crippen LogP contribution >= 0.6 is 0 Å². The van der Waals surface area contributed by atoms with Crippen LogP contribution in [0.2, 0.25) is 0 Å². The van der Waals surface area contributed by atoms with Crippen molar-refractivity contribution in [3.05, 3.63) is 200 Å². The molecule has 0 saturated heterocycles. The van der Waals surface area contributed by atoms with Crippen LogP contribution in [0.15, 0.2) is 175 Å². The van der Waals surface area contributed by atoms with E-state index in [2.05, 4.69) is 9.74 Å². The van der Waals surface area contributed by atoms with Crippen molar-refractivity contribution in [2.24, 2.45) is 0 Å². The first-order chi connectivity index (χ1) is 25.8. The number of allylic oxidation sites excluding steroid dienone is 6. The lowest BCUT2D eigenvalue weighted by Crippen LogP contribution is -2.10. The normalized spacial score (nSPS) is 13.7. The molecule has 0 spiro atoms. The Morgan fingerprint density at radius 1 is 0.660 bits per heavy atom. The molecule has 9 heteroatoms. The van der Waals surface area contributed by atoms with Crippen LogP contribution in [0.25, 0.3) is 38.9 Å². The number of rotatable bonds is 8. The van der Waals surface area contributed by atoms with Crippen LogP contribution in [-0.2, 0) is 4.74 Å². The SMILES string of the molecule is [C-]#[N+]/C(C#N)=C1C=C(/C=C/c2cc3ccc(N(C)C)cc3oc2=O)OC(/C=C/c2cc3ccc(N(c4ccccc4)c4ccccc4)cc3oc2=O)=C\1. The van der Waals surface area contributed by atoms with Gasteiger partial charge in [-0.25, -0.2) is 19.7 Å². The maximum absolute atomic E-state index is 13.2. The molecule has 0 fully saturated rings. The Morgan fingerprint density at radius 2 is 1.15 bits per heavy atom. The first-order valence-electron chi connectivity index (χ1n) is 16.5. The number of nitriles is 1. The van der Waals surface area contributed by atoms with Gasteiger partial charge >= 0.3 is 11.3 Å². The molecular weight excluding hydrogens is 665 g/mol. The predicted octanol–water partition coefficient (Wildman–Crippen LogP) is 9.66. The zero-order chi connectivity index (χ0) is 36.9. The summed E-state index contributed by atoms with van der Waals surface area (Å²) >= 11 is 0. The van der Waals surface area contributed by atoms with Gasteiger partial charge in [-0.3, -0.25) is 0 Å². The number of hydrogen-bond donors (Lipinski definition) is 0. The minimum absolute atomic E-state index is 0.145. The molecule has 53 heavy (non-hydrogen) atoms. The molecule has 256 valence electrons. The summed E-state index contributed by atoms with van der Waals surface area (Å²) in [7, 11) is 3.80. The summed E-state index contributed by atoms with van der Waals surface area (Å²) in [6.07, 6.45) is 9.29. The molecule has 9 nitrogen and oxygen atoms in total. The number of fused-ring (bicyclic) bond motifs is 2. The first-order valence-corrected chi connectivity index (χ1v) is 16.5. The van der Waals surface area contributed by atoms with E-state index in [0.29, 0.717) is 22.1 Å². The second-order valence-corrected chi connectivity index (χ2v) is 12.2. The monoisotopic (exact) mass is 694 g/mol. The molecule has 0 N–H and O–H groups in total. The van der Waals surface area contributed by atoms with E-state index in [1.165, 1.54) is 12.2 Å². The van der Waals surface area contributed by atoms with Crippen LogP contribution in [0.1, 0.15) is 11.1 Å². The number of nitrogens with zero attached hydrogens (tertiary/aromatic N) is 4. The van der Waals surface area contributed by atoms with Crippen molar-refractivity contribution in [2.75, 3.05) is 23.9 Å². The van der Waals surface area contributed by atoms with Crippen LogP contribution in [-0.4, -0.2) is 14.1 Å². The highest BCUT2D eigenvalue weighted by atomic mass is 16.5. The van der Waals surface area contributed by atoms with Gasteiger partial charge in [0.15, 0.2) is 0 Å². The summed E-state index contributed by atoms with van der Waals surface area (Å²) in [5, 5.41) is 11.1. The van der Waals surface area contributed by atoms with E-state index in [9.17, 15) is 14.9 Å². The number of hydrogen-bond acceptors (Lipinski definition) is 8. The van der Waals surface area contributed by atoms with Crippen molar-refractivity contribution in [3.63, 3.8) is 0 Å². The highest BCUT2D eigenvalue weighted by Gasteiger charge is 2.16. The Kier molecular flexibility index (Phi) is 9.39. The van der Waals surface area contributed by atoms with E-state index < -0.39 is 11.3 Å². The van der Waals surface area contributed by atoms with Gasteiger partial charge in [-0.2, -0.15) is 0 Å². The predicted molar refractivity (Wildman–Crippen MR) is 209 cm³/mol. The lowest BCUT2D eigenvalue weighted by atomic mass is 10.1. The van der Waals surface area contributed by atoms with Gasteiger partial charge in [0.2, 0.25) is 0 Å². The standard InChI is InChI=1S/C44H30N4O5/c1-46-40(28-45)33-24-38(20-16-31-22-29-14-18-36(47(2)3)26-41(29)52-43(31)49)51-39(25-33)21-17-32-23-30-15-19-37(27-42(30)53-44(32)50)48(34-10-6-4-7-11-34)35-12-8-5-9-13-35/h4-27H,2-3H3/b20-16+,21-17+,40-33+. The summed E-state index contributed by atoms with van der Waals surface area (Å²) in [5.41, 5.74) is 4.14. The maximum Gasteiger partial charge on any atom is 0.343 e. The van der Waals surface area contributed by atoms with E-state index in [0.717, 1.165) is 28.1 Å². The number of anilines is 4. The molecular formula is C44H30N4O5. The molecule has 3 heterocycles. The van der Waals surface area contributed by atoms with E-state index >= 15 is 0 Å². The second-order valence-electron chi connectivity index (χ2n) is 12.2. The van der Waals surface area contributed by atoms with Crippen LogP contribution in [0, 0.1) is 17.9 Å². The van der Waals surface area contributed by atoms with E-state index in [1.54, 1.807) is 42.5 Å². The Balaban J connectivity index is 1.17. The topological polar surface area (TPSA) is 104 Å². The number of benzene rings is 4. The van der Waals surface area contributed by atoms with Crippen LogP contribution < -0.4 is 21.1 Å². The van der Waals surface area contributed by atoms with E-state index in [1.807, 2.05) is 116 Å². The molecule has 0 bridgehead atoms. The molecule has 2 aromatic heterocycles. The van der Waals surface area contributed by atoms with Gasteiger partial charge in [0.25, 0.3) is 5.70 Å². The quantitative estimate of drug-likeness (QED) is 0.0882. The third-order valence-electron chi connectivity index (χ3n) is 8.47. The van der Waals surface area contributed by atoms with Gasteiger partial charge in [0.05, 0.1) is 23.8 Å². The molecule has 0 aliphatic carbocycles. The summed E-state index contributed by atoms with van der Waals surface area (Å²) in [4.78, 5) is 33.4. The van der Waals surface area contributed by atoms with Crippen molar-refractivity contribution < 1.29 is 13.6 Å². The summed E-state index contributed by atoms with van der Waals surface area (Å²) in [6, 6.07) is 36.5. The molecule has 0 atom stereocenters. The molecule has 1 aliphatic heterocycles. The largest absolute Gasteiger partial charge is 0.457 e. The fourth-order valence-corrected chi connectivity index (χ4v) is 5.82. The molecule has 7 rings (SSSR count). The molecule has 0 radical (unpaired) electrons. The summed E-state index contributed by atoms with van der Waals surface area (Å²) in [6.45, 7) is 7.49. The van der Waals surface area contributed by atoms with Crippen molar-refractivity contribution in [1.82, 2.24) is 0 Å². The average Bonchev–Trinajstić information content (AvgIpc) is 3.17. The van der Waals surface area contributed by atoms with Crippen LogP contribution in [0.5, 0.6) is 0 Å². The van der Waals surface area contributed by atoms with Gasteiger partial charge in [-0.05, 0) is 103 Å². The lowest BCUT2D eigenvalue weighted by Gasteiger charge is -2.25. The molecule has 1 aliphatic rings. The zero-order valence-electron chi connectivity index (χ0n) is 28.7. The summed E-state index contributed by atoms with van der Waals surface area (Å²) < 4.78 is 17.4. The molecule has 0 unspecified atom stereocenters. The fourth-order valence-electron chi connectivity index (χ4n) is 5.82. The average molecular weight is 695 g/mol. The summed E-state index contributed by atoms with van der Waals surface area (Å²) in [5.74, 6) is 0.525. The minimum Gasteiger partial charge on any atom is -0.457 e. The number of para-hydroxylation sites is 2. The Labute approximate surface area is 304 Å². The highest BCUT2D eigenvalue weighted by Crippen LogP contribution is 2.36. The van der Waals surface area contributed by atoms with Gasteiger partial charge in [0.1, 0.15) is 22.7 Å². The van der Waals surface area contributed by atoms with Gasteiger partial charge < -0.3 is 23.4 Å². The van der Waals surface area contributed by atoms with Gasteiger partial charge in [-0.15, -0.1) is 0 Å². The first kappa shape index (κ1) is 33.9. The lowest BCUT2D eigenvalue weighted by molar-refractivity contribution is 0.332. The highest BCUT2D eigenvalue weighted by molar-refractivity contribution is 5.87. The van der Waals surface area contributed by atoms with E-state index in [4.69, 9.17) is 20.1 Å². The third-order valence-corrected chi connectivity index (χ3v) is 8.47. The number of ether oxygens (including phenoxy) is 1. The Bertz CT molecular complexity index is 2680. The molecule has 0 saturated carbocycles. The van der Waals surface area contributed by atoms with Crippen LogP contribution in [0.4, 0.5) is 22.7 Å². The van der Waals surface area contributed by atoms with Gasteiger partial charge in [-0.1, -0.05) is 36.4 Å². The fraction of sp³-hybridized carbons (Fsp3) is 0.0455. The van der Waals surface area contributed by atoms with Crippen molar-refractivity contribution in [1.29, 1.82) is 5.26 Å². The second kappa shape index (κ2) is 14.7. The van der Waals surface area contributed by atoms with Gasteiger partial charge in [0, 0.05) is 59.8 Å². The Hall–Kier alpha value is -7.62. The maximum atomic E-state index is 13.2. The van der Waals surface area contributed by atoms with Crippen LogP contribution in [0.3, 0.4) is 0 Å². The Morgan fingerprint density at radius 3 is 1.62 bits per heavy atom.